The Kier molecular flexibility index (Phi) is 6.82. The first-order chi connectivity index (χ1) is 22.8. The van der Waals surface area contributed by atoms with Gasteiger partial charge in [-0.05, 0) is 43.2 Å². The fraction of sp³-hybridized carbons (Fsp3) is 0.273. The second-order valence-corrected chi connectivity index (χ2v) is 12.1. The summed E-state index contributed by atoms with van der Waals surface area (Å²) >= 11 is 5.68. The smallest absolute Gasteiger partial charge is 0.340 e. The highest BCUT2D eigenvalue weighted by Gasteiger charge is 2.53. The zero-order chi connectivity index (χ0) is 32.4. The van der Waals surface area contributed by atoms with Crippen LogP contribution in [0.5, 0.6) is 23.0 Å². The van der Waals surface area contributed by atoms with E-state index in [9.17, 15) is 25.2 Å². The Morgan fingerprint density at radius 2 is 1.72 bits per heavy atom. The molecule has 0 radical (unpaired) electrons. The summed E-state index contributed by atoms with van der Waals surface area (Å²) in [5, 5.41) is 44.2. The number of benzene rings is 3. The number of nitrogens with zero attached hydrogens (tertiary/aromatic N) is 4. The second kappa shape index (κ2) is 11.0. The van der Waals surface area contributed by atoms with Gasteiger partial charge in [-0.15, -0.1) is 0 Å². The Morgan fingerprint density at radius 3 is 2.43 bits per heavy atom. The van der Waals surface area contributed by atoms with Gasteiger partial charge in [0.05, 0.1) is 24.6 Å². The van der Waals surface area contributed by atoms with E-state index in [4.69, 9.17) is 26.4 Å². The minimum Gasteiger partial charge on any atom is -0.508 e. The quantitative estimate of drug-likeness (QED) is 0.152. The molecule has 5 N–H and O–H groups in total. The third kappa shape index (κ3) is 4.59. The van der Waals surface area contributed by atoms with E-state index in [1.807, 2.05) is 0 Å². The maximum atomic E-state index is 13.4. The number of hydrogen-bond donors (Lipinski definition) is 5. The van der Waals surface area contributed by atoms with Crippen LogP contribution in [0.25, 0.3) is 5.88 Å². The largest absolute Gasteiger partial charge is 0.508 e. The lowest BCUT2D eigenvalue weighted by Crippen LogP contribution is -2.45. The fourth-order valence-electron chi connectivity index (χ4n) is 6.70. The predicted octanol–water partition coefficient (Wildman–Crippen LogP) is 2.01. The molecule has 5 heterocycles. The number of carbonyl (C=O) groups is 1. The van der Waals surface area contributed by atoms with Crippen molar-refractivity contribution >= 4 is 29.1 Å². The summed E-state index contributed by atoms with van der Waals surface area (Å²) in [7, 11) is 0. The van der Waals surface area contributed by atoms with Crippen LogP contribution in [0, 0.1) is 0 Å². The number of carbonyl (C=O) groups excluding carboxylic acids is 1. The number of aliphatic hydroxyl groups is 2. The van der Waals surface area contributed by atoms with Crippen LogP contribution in [-0.4, -0.2) is 78.3 Å². The molecule has 0 aliphatic carbocycles. The first-order valence-corrected chi connectivity index (χ1v) is 15.5. The Morgan fingerprint density at radius 1 is 1.00 bits per heavy atom. The lowest BCUT2D eigenvalue weighted by atomic mass is 9.77. The van der Waals surface area contributed by atoms with E-state index in [1.165, 1.54) is 24.3 Å². The highest BCUT2D eigenvalue weighted by Crippen LogP contribution is 2.57. The number of esters is 1. The van der Waals surface area contributed by atoms with Gasteiger partial charge in [0.1, 0.15) is 40.9 Å². The Bertz CT molecular complexity index is 2050. The Hall–Kier alpha value is -5.18. The molecule has 4 aromatic rings. The fourth-order valence-corrected chi connectivity index (χ4v) is 6.93. The van der Waals surface area contributed by atoms with Crippen molar-refractivity contribution in [2.75, 3.05) is 26.4 Å². The van der Waals surface area contributed by atoms with Crippen LogP contribution in [0.15, 0.2) is 65.9 Å². The molecule has 0 amide bonds. The summed E-state index contributed by atoms with van der Waals surface area (Å²) < 4.78 is 19.8. The molecule has 1 aromatic heterocycles. The van der Waals surface area contributed by atoms with Crippen LogP contribution in [0.1, 0.15) is 51.7 Å². The van der Waals surface area contributed by atoms with Gasteiger partial charge in [-0.3, -0.25) is 4.57 Å². The van der Waals surface area contributed by atoms with E-state index in [2.05, 4.69) is 15.3 Å². The molecule has 4 aliphatic rings. The molecule has 4 aliphatic heterocycles. The normalized spacial score (nSPS) is 20.1. The molecule has 1 fully saturated rings. The average molecular weight is 656 g/mol. The standard InChI is InChI=1S/C33H29N5O8S/c39-14-20-4-8-27(44-20)38-16-35-28-29(38)36-15-37(31(28)42)10-9-34-30(47)17-1-5-22-21(11-17)32(43)46-33(22)23-6-2-18(40)12-25(23)45-26-13-19(41)3-7-24(26)33/h1-3,5-7,11-13,16,20,27,39-42H,4,8-10,14-15H2,(H,34,47)/t20-,27+/m0/s1. The van der Waals surface area contributed by atoms with Crippen molar-refractivity contribution in [2.45, 2.75) is 30.8 Å². The van der Waals surface area contributed by atoms with Gasteiger partial charge in [0, 0.05) is 47.5 Å². The molecule has 13 nitrogen and oxygen atoms in total. The van der Waals surface area contributed by atoms with Crippen LogP contribution in [0.3, 0.4) is 0 Å². The number of fused-ring (bicyclic) bond motifs is 7. The third-order valence-corrected chi connectivity index (χ3v) is 9.35. The van der Waals surface area contributed by atoms with Gasteiger partial charge in [-0.2, -0.15) is 0 Å². The summed E-state index contributed by atoms with van der Waals surface area (Å²) in [6, 6.07) is 14.5. The maximum Gasteiger partial charge on any atom is 0.340 e. The van der Waals surface area contributed by atoms with Crippen molar-refractivity contribution in [1.29, 1.82) is 0 Å². The number of rotatable bonds is 6. The van der Waals surface area contributed by atoms with Crippen molar-refractivity contribution < 1.29 is 39.4 Å². The molecule has 47 heavy (non-hydrogen) atoms. The molecule has 3 aromatic carbocycles. The number of phenolic OH excluding ortho intramolecular Hbond substituents is 2. The molecule has 8 rings (SSSR count). The molecule has 1 spiro atoms. The molecule has 0 unspecified atom stereocenters. The number of phenols is 2. The summed E-state index contributed by atoms with van der Waals surface area (Å²) in [5.41, 5.74) is 1.77. The van der Waals surface area contributed by atoms with E-state index < -0.39 is 11.6 Å². The van der Waals surface area contributed by atoms with Crippen molar-refractivity contribution in [3.8, 4) is 23.0 Å². The van der Waals surface area contributed by atoms with E-state index >= 15 is 0 Å². The van der Waals surface area contributed by atoms with Gasteiger partial charge in [-0.1, -0.05) is 24.4 Å². The zero-order valence-corrected chi connectivity index (χ0v) is 25.6. The summed E-state index contributed by atoms with van der Waals surface area (Å²) in [6.45, 7) is 0.911. The first kappa shape index (κ1) is 29.2. The molecule has 0 saturated carbocycles. The molecule has 240 valence electrons. The van der Waals surface area contributed by atoms with Gasteiger partial charge in [0.25, 0.3) is 0 Å². The van der Waals surface area contributed by atoms with Gasteiger partial charge in [0.15, 0.2) is 16.4 Å². The number of ether oxygens (including phenoxy) is 3. The number of nitrogens with one attached hydrogen (secondary N) is 1. The second-order valence-electron chi connectivity index (χ2n) is 11.7. The highest BCUT2D eigenvalue weighted by atomic mass is 32.1. The molecular formula is C33H29N5O8S. The number of hydrogen-bond acceptors (Lipinski definition) is 12. The lowest BCUT2D eigenvalue weighted by Gasteiger charge is -2.36. The van der Waals surface area contributed by atoms with E-state index in [0.717, 1.165) is 12.8 Å². The number of aromatic nitrogens is 2. The highest BCUT2D eigenvalue weighted by molar-refractivity contribution is 7.80. The first-order valence-electron chi connectivity index (χ1n) is 15.1. The van der Waals surface area contributed by atoms with Crippen LogP contribution >= 0.6 is 12.2 Å². The van der Waals surface area contributed by atoms with Gasteiger partial charge < -0.3 is 44.9 Å². The van der Waals surface area contributed by atoms with Crippen molar-refractivity contribution in [2.24, 2.45) is 4.99 Å². The predicted molar refractivity (Wildman–Crippen MR) is 169 cm³/mol. The number of imidazole rings is 1. The molecule has 0 bridgehead atoms. The minimum absolute atomic E-state index is 0.00223. The number of aromatic hydroxyl groups is 2. The van der Waals surface area contributed by atoms with Crippen molar-refractivity contribution in [1.82, 2.24) is 19.8 Å². The SMILES string of the molecule is O=C1OC2(c3ccc(O)cc3Oc3cc(O)ccc32)c2ccc(C(=S)NCCN3CN=c4c(ncn4[C@H]4CC[C@@H](CO)O4)=C3O)cc21. The van der Waals surface area contributed by atoms with Crippen LogP contribution in [0.4, 0.5) is 0 Å². The van der Waals surface area contributed by atoms with E-state index in [1.54, 1.807) is 46.1 Å². The van der Waals surface area contributed by atoms with Gasteiger partial charge in [-0.25, -0.2) is 14.8 Å². The maximum absolute atomic E-state index is 13.4. The van der Waals surface area contributed by atoms with Gasteiger partial charge >= 0.3 is 5.97 Å². The minimum atomic E-state index is -1.36. The Balaban J connectivity index is 1.01. The van der Waals surface area contributed by atoms with Crippen molar-refractivity contribution in [3.05, 3.63) is 99.6 Å². The third-order valence-electron chi connectivity index (χ3n) is 8.97. The lowest BCUT2D eigenvalue weighted by molar-refractivity contribution is -0.0242. The topological polar surface area (TPSA) is 171 Å². The van der Waals surface area contributed by atoms with Gasteiger partial charge in [0.2, 0.25) is 5.88 Å². The van der Waals surface area contributed by atoms with Crippen molar-refractivity contribution in [3.63, 3.8) is 0 Å². The monoisotopic (exact) mass is 655 g/mol. The summed E-state index contributed by atoms with van der Waals surface area (Å²) in [4.78, 5) is 24.5. The van der Waals surface area contributed by atoms with E-state index in [0.29, 0.717) is 68.2 Å². The van der Waals surface area contributed by atoms with E-state index in [-0.39, 0.29) is 43.0 Å². The average Bonchev–Trinajstić information content (AvgIpc) is 3.78. The zero-order valence-electron chi connectivity index (χ0n) is 24.8. The molecule has 1 saturated heterocycles. The van der Waals surface area contributed by atoms with Crippen LogP contribution in [0.2, 0.25) is 0 Å². The number of aliphatic hydroxyl groups excluding tert-OH is 2. The summed E-state index contributed by atoms with van der Waals surface area (Å²) in [6.07, 6.45) is 2.55. The molecule has 2 atom stereocenters. The van der Waals surface area contributed by atoms with Crippen LogP contribution in [-0.2, 0) is 15.1 Å². The summed E-state index contributed by atoms with van der Waals surface area (Å²) in [5.74, 6) is 0.0140. The number of thiocarbonyl (C=S) groups is 1. The Labute approximate surface area is 272 Å². The molecule has 14 heteroatoms. The molecular weight excluding hydrogens is 626 g/mol. The van der Waals surface area contributed by atoms with Crippen LogP contribution < -0.4 is 20.9 Å².